The summed E-state index contributed by atoms with van der Waals surface area (Å²) in [6.45, 7) is 3.38. The molecule has 0 aliphatic rings. The van der Waals surface area contributed by atoms with E-state index in [4.69, 9.17) is 0 Å². The molecule has 0 unspecified atom stereocenters. The fraction of sp³-hybridized carbons (Fsp3) is 0.136. The molecular formula is C22H18FN3O3S. The fourth-order valence-corrected chi connectivity index (χ4v) is 4.15. The summed E-state index contributed by atoms with van der Waals surface area (Å²) in [7, 11) is 0. The summed E-state index contributed by atoms with van der Waals surface area (Å²) in [6.07, 6.45) is 0. The van der Waals surface area contributed by atoms with Gasteiger partial charge in [-0.3, -0.25) is 14.2 Å². The lowest BCUT2D eigenvalue weighted by atomic mass is 10.1. The molecule has 0 fully saturated rings. The van der Waals surface area contributed by atoms with Gasteiger partial charge in [0, 0.05) is 0 Å². The van der Waals surface area contributed by atoms with Crippen LogP contribution in [0, 0.1) is 19.7 Å². The third-order valence-electron chi connectivity index (χ3n) is 5.02. The zero-order chi connectivity index (χ0) is 21.4. The Morgan fingerprint density at radius 1 is 1.07 bits per heavy atom. The number of anilines is 1. The van der Waals surface area contributed by atoms with Crippen LogP contribution in [0.4, 0.5) is 10.1 Å². The molecule has 0 bridgehead atoms. The summed E-state index contributed by atoms with van der Waals surface area (Å²) in [4.78, 5) is 38.9. The summed E-state index contributed by atoms with van der Waals surface area (Å²) >= 11 is 1.20. The lowest BCUT2D eigenvalue weighted by Crippen LogP contribution is -2.40. The molecule has 2 aromatic heterocycles. The van der Waals surface area contributed by atoms with Gasteiger partial charge in [0.05, 0.1) is 16.9 Å². The number of carbonyl (C=O) groups is 1. The minimum absolute atomic E-state index is 0.0277. The topological polar surface area (TPSA) is 73.1 Å². The average molecular weight is 423 g/mol. The average Bonchev–Trinajstić information content (AvgIpc) is 3.20. The molecule has 4 aromatic rings. The first-order valence-corrected chi connectivity index (χ1v) is 10.1. The summed E-state index contributed by atoms with van der Waals surface area (Å²) in [6, 6.07) is 12.8. The Labute approximate surface area is 174 Å². The second-order valence-electron chi connectivity index (χ2n) is 6.89. The van der Waals surface area contributed by atoms with Gasteiger partial charge in [0.15, 0.2) is 0 Å². The zero-order valence-electron chi connectivity index (χ0n) is 16.3. The zero-order valence-corrected chi connectivity index (χ0v) is 17.1. The Bertz CT molecular complexity index is 1400. The van der Waals surface area contributed by atoms with Gasteiger partial charge in [-0.15, -0.1) is 11.3 Å². The van der Waals surface area contributed by atoms with Crippen molar-refractivity contribution >= 4 is 33.1 Å². The molecule has 0 saturated heterocycles. The van der Waals surface area contributed by atoms with Crippen molar-refractivity contribution in [1.29, 1.82) is 0 Å². The van der Waals surface area contributed by atoms with E-state index in [1.165, 1.54) is 34.1 Å². The van der Waals surface area contributed by atoms with Crippen molar-refractivity contribution in [1.82, 2.24) is 9.13 Å². The number of nitrogens with zero attached hydrogens (tertiary/aromatic N) is 2. The van der Waals surface area contributed by atoms with Crippen molar-refractivity contribution in [3.8, 4) is 5.69 Å². The Hall–Kier alpha value is -3.52. The smallest absolute Gasteiger partial charge is 0.322 e. The Morgan fingerprint density at radius 3 is 2.60 bits per heavy atom. The summed E-state index contributed by atoms with van der Waals surface area (Å²) in [5.74, 6) is -1.14. The van der Waals surface area contributed by atoms with Crippen LogP contribution >= 0.6 is 11.3 Å². The number of hydrogen-bond donors (Lipinski definition) is 1. The van der Waals surface area contributed by atoms with Crippen LogP contribution in [0.5, 0.6) is 0 Å². The maximum absolute atomic E-state index is 13.9. The van der Waals surface area contributed by atoms with Crippen molar-refractivity contribution in [3.05, 3.63) is 91.7 Å². The lowest BCUT2D eigenvalue weighted by Gasteiger charge is -2.15. The minimum Gasteiger partial charge on any atom is -0.322 e. The van der Waals surface area contributed by atoms with Gasteiger partial charge >= 0.3 is 5.69 Å². The van der Waals surface area contributed by atoms with Crippen molar-refractivity contribution < 1.29 is 9.18 Å². The number of thiophene rings is 1. The van der Waals surface area contributed by atoms with E-state index in [1.54, 1.807) is 29.6 Å². The number of para-hydroxylation sites is 1. The molecule has 0 aliphatic heterocycles. The number of hydrogen-bond acceptors (Lipinski definition) is 4. The normalized spacial score (nSPS) is 11.0. The standard InChI is InChI=1S/C22H18FN3O3S/c1-13-6-5-9-17(14(13)2)26-21(28)20-18(10-11-30-20)25(22(26)29)12-19(27)24-16-8-4-3-7-15(16)23/h3-11H,12H2,1-2H3,(H,24,27). The first-order chi connectivity index (χ1) is 14.4. The van der Waals surface area contributed by atoms with Crippen LogP contribution in [0.2, 0.25) is 0 Å². The summed E-state index contributed by atoms with van der Waals surface area (Å²) in [5, 5.41) is 4.18. The van der Waals surface area contributed by atoms with E-state index < -0.39 is 23.0 Å². The van der Waals surface area contributed by atoms with Gasteiger partial charge < -0.3 is 5.32 Å². The number of benzene rings is 2. The van der Waals surface area contributed by atoms with E-state index in [1.807, 2.05) is 19.9 Å². The highest BCUT2D eigenvalue weighted by Gasteiger charge is 2.19. The number of nitrogens with one attached hydrogen (secondary N) is 1. The van der Waals surface area contributed by atoms with E-state index in [0.717, 1.165) is 15.7 Å². The van der Waals surface area contributed by atoms with Crippen molar-refractivity contribution in [2.75, 3.05) is 5.32 Å². The maximum atomic E-state index is 13.9. The van der Waals surface area contributed by atoms with E-state index in [2.05, 4.69) is 5.32 Å². The molecule has 2 aromatic carbocycles. The summed E-state index contributed by atoms with van der Waals surface area (Å²) < 4.78 is 16.6. The molecule has 152 valence electrons. The van der Waals surface area contributed by atoms with Gasteiger partial charge in [0.25, 0.3) is 5.56 Å². The van der Waals surface area contributed by atoms with Crippen molar-refractivity contribution in [2.45, 2.75) is 20.4 Å². The molecule has 0 saturated carbocycles. The second-order valence-corrected chi connectivity index (χ2v) is 7.81. The minimum atomic E-state index is -0.622. The monoisotopic (exact) mass is 423 g/mol. The largest absolute Gasteiger partial charge is 0.336 e. The number of carbonyl (C=O) groups excluding carboxylic acids is 1. The predicted molar refractivity (Wildman–Crippen MR) is 116 cm³/mol. The van der Waals surface area contributed by atoms with E-state index >= 15 is 0 Å². The highest BCUT2D eigenvalue weighted by atomic mass is 32.1. The third kappa shape index (κ3) is 3.35. The quantitative estimate of drug-likeness (QED) is 0.545. The number of aryl methyl sites for hydroxylation is 1. The molecule has 0 aliphatic carbocycles. The molecule has 8 heteroatoms. The Balaban J connectivity index is 1.85. The molecule has 1 amide bonds. The van der Waals surface area contributed by atoms with Crippen LogP contribution in [0.25, 0.3) is 15.9 Å². The van der Waals surface area contributed by atoms with Crippen LogP contribution in [-0.4, -0.2) is 15.0 Å². The molecule has 0 radical (unpaired) electrons. The molecular weight excluding hydrogens is 405 g/mol. The SMILES string of the molecule is Cc1cccc(-n2c(=O)c3sccc3n(CC(=O)Nc3ccccc3F)c2=O)c1C. The predicted octanol–water partition coefficient (Wildman–Crippen LogP) is 3.61. The van der Waals surface area contributed by atoms with E-state index in [0.29, 0.717) is 15.9 Å². The molecule has 2 heterocycles. The molecule has 30 heavy (non-hydrogen) atoms. The number of halogens is 1. The number of fused-ring (bicyclic) bond motifs is 1. The number of amides is 1. The van der Waals surface area contributed by atoms with Crippen molar-refractivity contribution in [2.24, 2.45) is 0 Å². The molecule has 1 N–H and O–H groups in total. The number of rotatable bonds is 4. The maximum Gasteiger partial charge on any atom is 0.336 e. The van der Waals surface area contributed by atoms with Crippen LogP contribution in [0.15, 0.2) is 63.5 Å². The van der Waals surface area contributed by atoms with Gasteiger partial charge in [-0.05, 0) is 54.6 Å². The second kappa shape index (κ2) is 7.72. The Kier molecular flexibility index (Phi) is 5.09. The summed E-state index contributed by atoms with van der Waals surface area (Å²) in [5.41, 5.74) is 1.57. The van der Waals surface area contributed by atoms with Crippen LogP contribution in [0.1, 0.15) is 11.1 Å². The molecule has 6 nitrogen and oxygen atoms in total. The van der Waals surface area contributed by atoms with Gasteiger partial charge in [-0.2, -0.15) is 0 Å². The van der Waals surface area contributed by atoms with Gasteiger partial charge in [0.1, 0.15) is 17.1 Å². The van der Waals surface area contributed by atoms with E-state index in [-0.39, 0.29) is 12.2 Å². The molecule has 0 spiro atoms. The van der Waals surface area contributed by atoms with Crippen LogP contribution < -0.4 is 16.6 Å². The molecule has 4 rings (SSSR count). The highest BCUT2D eigenvalue weighted by Crippen LogP contribution is 2.19. The lowest BCUT2D eigenvalue weighted by molar-refractivity contribution is -0.116. The van der Waals surface area contributed by atoms with Gasteiger partial charge in [-0.1, -0.05) is 24.3 Å². The van der Waals surface area contributed by atoms with E-state index in [9.17, 15) is 18.8 Å². The number of aromatic nitrogens is 2. The highest BCUT2D eigenvalue weighted by molar-refractivity contribution is 7.17. The first-order valence-electron chi connectivity index (χ1n) is 9.22. The first kappa shape index (κ1) is 19.8. The molecule has 0 atom stereocenters. The Morgan fingerprint density at radius 2 is 1.83 bits per heavy atom. The van der Waals surface area contributed by atoms with Crippen LogP contribution in [-0.2, 0) is 11.3 Å². The van der Waals surface area contributed by atoms with Crippen molar-refractivity contribution in [3.63, 3.8) is 0 Å². The van der Waals surface area contributed by atoms with Crippen LogP contribution in [0.3, 0.4) is 0 Å². The fourth-order valence-electron chi connectivity index (χ4n) is 3.33. The van der Waals surface area contributed by atoms with Gasteiger partial charge in [-0.25, -0.2) is 13.8 Å². The van der Waals surface area contributed by atoms with Gasteiger partial charge in [0.2, 0.25) is 5.91 Å². The third-order valence-corrected chi connectivity index (χ3v) is 5.91.